The molecule has 2 N–H and O–H groups in total. The first kappa shape index (κ1) is 20.4. The predicted molar refractivity (Wildman–Crippen MR) is 116 cm³/mol. The lowest BCUT2D eigenvalue weighted by atomic mass is 10.2. The lowest BCUT2D eigenvalue weighted by molar-refractivity contribution is 0.0951. The van der Waals surface area contributed by atoms with E-state index < -0.39 is 5.91 Å². The van der Waals surface area contributed by atoms with Gasteiger partial charge in [0.25, 0.3) is 5.91 Å². The number of rotatable bonds is 3. The molecule has 28 heavy (non-hydrogen) atoms. The Hall–Kier alpha value is -2.37. The molecule has 0 aliphatic heterocycles. The van der Waals surface area contributed by atoms with Crippen molar-refractivity contribution in [2.45, 2.75) is 13.8 Å². The highest BCUT2D eigenvalue weighted by Gasteiger charge is 2.18. The molecule has 5 nitrogen and oxygen atoms in total. The molecule has 2 heterocycles. The highest BCUT2D eigenvalue weighted by molar-refractivity contribution is 7.80. The first-order valence-corrected chi connectivity index (χ1v) is 9.96. The molecule has 0 atom stereocenters. The van der Waals surface area contributed by atoms with E-state index in [0.29, 0.717) is 31.9 Å². The largest absolute Gasteiger partial charge is 0.451 e. The molecule has 0 radical (unpaired) electrons. The van der Waals surface area contributed by atoms with Crippen LogP contribution in [0.15, 0.2) is 34.7 Å². The van der Waals surface area contributed by atoms with Crippen molar-refractivity contribution in [1.29, 1.82) is 5.26 Å². The molecule has 2 aromatic heterocycles. The number of nitriles is 1. The van der Waals surface area contributed by atoms with Crippen LogP contribution in [0.25, 0.3) is 11.3 Å². The Labute approximate surface area is 180 Å². The average Bonchev–Trinajstić information content (AvgIpc) is 3.23. The topological polar surface area (TPSA) is 78.1 Å². The van der Waals surface area contributed by atoms with Crippen LogP contribution in [0.5, 0.6) is 0 Å². The van der Waals surface area contributed by atoms with Crippen LogP contribution in [0.1, 0.15) is 26.6 Å². The fraction of sp³-hybridized carbons (Fsp3) is 0.105. The van der Waals surface area contributed by atoms with Crippen LogP contribution in [0, 0.1) is 25.2 Å². The zero-order valence-corrected chi connectivity index (χ0v) is 17.9. The normalized spacial score (nSPS) is 10.4. The van der Waals surface area contributed by atoms with E-state index in [1.165, 1.54) is 17.4 Å². The van der Waals surface area contributed by atoms with E-state index in [9.17, 15) is 10.1 Å². The summed E-state index contributed by atoms with van der Waals surface area (Å²) in [6.45, 7) is 3.78. The Balaban J connectivity index is 1.73. The van der Waals surface area contributed by atoms with Crippen molar-refractivity contribution in [2.24, 2.45) is 0 Å². The minimum absolute atomic E-state index is 0.0641. The zero-order chi connectivity index (χ0) is 20.4. The minimum atomic E-state index is -0.523. The van der Waals surface area contributed by atoms with Gasteiger partial charge in [0.1, 0.15) is 16.8 Å². The molecular formula is C19H13Cl2N3O2S2. The Kier molecular flexibility index (Phi) is 6.06. The van der Waals surface area contributed by atoms with Gasteiger partial charge in [-0.15, -0.1) is 11.3 Å². The second-order valence-electron chi connectivity index (χ2n) is 5.77. The quantitative estimate of drug-likeness (QED) is 0.484. The maximum absolute atomic E-state index is 12.4. The predicted octanol–water partition coefficient (Wildman–Crippen LogP) is 5.93. The van der Waals surface area contributed by atoms with E-state index >= 15 is 0 Å². The van der Waals surface area contributed by atoms with Crippen LogP contribution in [0.3, 0.4) is 0 Å². The van der Waals surface area contributed by atoms with Gasteiger partial charge >= 0.3 is 0 Å². The molecule has 0 fully saturated rings. The Morgan fingerprint density at radius 2 is 2.00 bits per heavy atom. The summed E-state index contributed by atoms with van der Waals surface area (Å²) >= 11 is 18.8. The standard InChI is InChI=1S/C19H13Cl2N3O2S2/c1-9-10(2)28-18(12(9)8-22)24-19(27)23-17(25)15-7-6-14(26-15)11-4-3-5-13(20)16(11)21/h3-7H,1-2H3,(H2,23,24,25,27). The summed E-state index contributed by atoms with van der Waals surface area (Å²) in [6.07, 6.45) is 0. The summed E-state index contributed by atoms with van der Waals surface area (Å²) in [6, 6.07) is 10.4. The third-order valence-electron chi connectivity index (χ3n) is 4.00. The number of benzene rings is 1. The van der Waals surface area contributed by atoms with Gasteiger partial charge < -0.3 is 9.73 Å². The molecule has 3 aromatic rings. The summed E-state index contributed by atoms with van der Waals surface area (Å²) in [7, 11) is 0. The number of amides is 1. The number of nitrogens with one attached hydrogen (secondary N) is 2. The lowest BCUT2D eigenvalue weighted by Gasteiger charge is -2.07. The maximum atomic E-state index is 12.4. The summed E-state index contributed by atoms with van der Waals surface area (Å²) in [4.78, 5) is 13.4. The first-order chi connectivity index (χ1) is 13.3. The molecule has 1 aromatic carbocycles. The van der Waals surface area contributed by atoms with Crippen LogP contribution < -0.4 is 10.6 Å². The summed E-state index contributed by atoms with van der Waals surface area (Å²) in [5, 5.41) is 16.1. The number of hydrogen-bond acceptors (Lipinski definition) is 5. The molecule has 0 aliphatic rings. The first-order valence-electron chi connectivity index (χ1n) is 7.98. The van der Waals surface area contributed by atoms with Gasteiger partial charge in [-0.05, 0) is 55.9 Å². The van der Waals surface area contributed by atoms with Crippen molar-refractivity contribution >= 4 is 62.8 Å². The van der Waals surface area contributed by atoms with Crippen LogP contribution >= 0.6 is 46.8 Å². The van der Waals surface area contributed by atoms with Crippen molar-refractivity contribution in [3.05, 3.63) is 62.1 Å². The molecule has 3 rings (SSSR count). The van der Waals surface area contributed by atoms with Gasteiger partial charge in [0.2, 0.25) is 0 Å². The van der Waals surface area contributed by atoms with Gasteiger partial charge in [-0.2, -0.15) is 5.26 Å². The van der Waals surface area contributed by atoms with Gasteiger partial charge in [0.15, 0.2) is 10.9 Å². The van der Waals surface area contributed by atoms with Gasteiger partial charge in [-0.25, -0.2) is 0 Å². The molecule has 0 saturated heterocycles. The molecule has 1 amide bonds. The molecule has 0 bridgehead atoms. The summed E-state index contributed by atoms with van der Waals surface area (Å²) in [5.41, 5.74) is 1.98. The minimum Gasteiger partial charge on any atom is -0.451 e. The molecule has 0 unspecified atom stereocenters. The van der Waals surface area contributed by atoms with Gasteiger partial charge in [0, 0.05) is 10.4 Å². The molecule has 0 spiro atoms. The van der Waals surface area contributed by atoms with Gasteiger partial charge in [-0.1, -0.05) is 29.3 Å². The monoisotopic (exact) mass is 449 g/mol. The zero-order valence-electron chi connectivity index (χ0n) is 14.7. The van der Waals surface area contributed by atoms with Crippen LogP contribution in [-0.2, 0) is 0 Å². The van der Waals surface area contributed by atoms with Gasteiger partial charge in [0.05, 0.1) is 15.6 Å². The van der Waals surface area contributed by atoms with Crippen molar-refractivity contribution in [3.8, 4) is 17.4 Å². The van der Waals surface area contributed by atoms with Crippen molar-refractivity contribution in [2.75, 3.05) is 5.32 Å². The van der Waals surface area contributed by atoms with E-state index in [1.807, 2.05) is 13.8 Å². The number of carbonyl (C=O) groups is 1. The van der Waals surface area contributed by atoms with E-state index in [-0.39, 0.29) is 10.9 Å². The van der Waals surface area contributed by atoms with Crippen LogP contribution in [0.4, 0.5) is 5.00 Å². The smallest absolute Gasteiger partial charge is 0.293 e. The summed E-state index contributed by atoms with van der Waals surface area (Å²) < 4.78 is 5.59. The number of carbonyl (C=O) groups excluding carboxylic acids is 1. The molecule has 0 saturated carbocycles. The second kappa shape index (κ2) is 8.33. The molecule has 9 heteroatoms. The number of halogens is 2. The Morgan fingerprint density at radius 1 is 1.25 bits per heavy atom. The number of thiocarbonyl (C=S) groups is 1. The second-order valence-corrected chi connectivity index (χ2v) is 8.19. The van der Waals surface area contributed by atoms with E-state index in [4.69, 9.17) is 39.8 Å². The summed E-state index contributed by atoms with van der Waals surface area (Å²) in [5.74, 6) is -0.0487. The number of aryl methyl sites for hydroxylation is 1. The molecule has 142 valence electrons. The molecule has 0 aliphatic carbocycles. The fourth-order valence-electron chi connectivity index (χ4n) is 2.45. The fourth-order valence-corrected chi connectivity index (χ4v) is 4.12. The Morgan fingerprint density at radius 3 is 2.71 bits per heavy atom. The van der Waals surface area contributed by atoms with E-state index in [2.05, 4.69) is 16.7 Å². The van der Waals surface area contributed by atoms with E-state index in [1.54, 1.807) is 24.3 Å². The van der Waals surface area contributed by atoms with Crippen molar-refractivity contribution in [1.82, 2.24) is 5.32 Å². The van der Waals surface area contributed by atoms with Crippen molar-refractivity contribution < 1.29 is 9.21 Å². The number of nitrogens with zero attached hydrogens (tertiary/aromatic N) is 1. The third kappa shape index (κ3) is 4.05. The third-order valence-corrected chi connectivity index (χ3v) is 6.14. The highest BCUT2D eigenvalue weighted by Crippen LogP contribution is 2.34. The number of hydrogen-bond donors (Lipinski definition) is 2. The van der Waals surface area contributed by atoms with E-state index in [0.717, 1.165) is 10.4 Å². The lowest BCUT2D eigenvalue weighted by Crippen LogP contribution is -2.33. The average molecular weight is 450 g/mol. The SMILES string of the molecule is Cc1sc(NC(=S)NC(=O)c2ccc(-c3cccc(Cl)c3Cl)o2)c(C#N)c1C. The van der Waals surface area contributed by atoms with Crippen LogP contribution in [-0.4, -0.2) is 11.0 Å². The maximum Gasteiger partial charge on any atom is 0.293 e. The van der Waals surface area contributed by atoms with Crippen LogP contribution in [0.2, 0.25) is 10.0 Å². The number of anilines is 1. The highest BCUT2D eigenvalue weighted by atomic mass is 35.5. The van der Waals surface area contributed by atoms with Crippen molar-refractivity contribution in [3.63, 3.8) is 0 Å². The molecular weight excluding hydrogens is 437 g/mol. The van der Waals surface area contributed by atoms with Gasteiger partial charge in [-0.3, -0.25) is 10.1 Å². The number of thiophene rings is 1. The Bertz CT molecular complexity index is 1130. The number of furan rings is 1.